The molecule has 0 bridgehead atoms. The average Bonchev–Trinajstić information content (AvgIpc) is 2.56. The summed E-state index contributed by atoms with van der Waals surface area (Å²) < 4.78 is 0. The van der Waals surface area contributed by atoms with Gasteiger partial charge >= 0.3 is 0 Å². The molecule has 0 aliphatic heterocycles. The minimum atomic E-state index is -0.120. The molecule has 1 amide bonds. The Morgan fingerprint density at radius 3 is 2.54 bits per heavy atom. The number of rotatable bonds is 8. The van der Waals surface area contributed by atoms with Crippen LogP contribution in [0, 0.1) is 0 Å². The standard InChI is InChI=1S/C17H21Cl2N5OS/c1-2-3-10(12-5-4-11(18)6-13(12)19)8-22-16(25)9-26-17-23-14(20)7-15(21)24-17/h4-7,10H,2-3,8-9H2,1H3,(H,22,25)(H4,20,21,23,24). The summed E-state index contributed by atoms with van der Waals surface area (Å²) in [5.74, 6) is 0.737. The van der Waals surface area contributed by atoms with E-state index < -0.39 is 0 Å². The van der Waals surface area contributed by atoms with Crippen LogP contribution in [0.2, 0.25) is 10.0 Å². The summed E-state index contributed by atoms with van der Waals surface area (Å²) in [5.41, 5.74) is 12.2. The number of hydrogen-bond donors (Lipinski definition) is 3. The molecule has 0 radical (unpaired) electrons. The van der Waals surface area contributed by atoms with Crippen LogP contribution < -0.4 is 16.8 Å². The third-order valence-electron chi connectivity index (χ3n) is 3.66. The van der Waals surface area contributed by atoms with E-state index in [1.54, 1.807) is 6.07 Å². The van der Waals surface area contributed by atoms with Crippen LogP contribution in [0.5, 0.6) is 0 Å². The Morgan fingerprint density at radius 2 is 1.92 bits per heavy atom. The average molecular weight is 414 g/mol. The molecule has 2 rings (SSSR count). The van der Waals surface area contributed by atoms with Crippen molar-refractivity contribution in [2.24, 2.45) is 0 Å². The van der Waals surface area contributed by atoms with Crippen molar-refractivity contribution in [3.63, 3.8) is 0 Å². The SMILES string of the molecule is CCCC(CNC(=O)CSc1nc(N)cc(N)n1)c1ccc(Cl)cc1Cl. The summed E-state index contributed by atoms with van der Waals surface area (Å²) in [6, 6.07) is 6.91. The summed E-state index contributed by atoms with van der Waals surface area (Å²) in [7, 11) is 0. The largest absolute Gasteiger partial charge is 0.383 e. The Bertz CT molecular complexity index is 755. The van der Waals surface area contributed by atoms with Gasteiger partial charge < -0.3 is 16.8 Å². The molecule has 0 aliphatic rings. The van der Waals surface area contributed by atoms with E-state index in [0.717, 1.165) is 18.4 Å². The fourth-order valence-electron chi connectivity index (χ4n) is 2.49. The van der Waals surface area contributed by atoms with Crippen LogP contribution in [0.4, 0.5) is 11.6 Å². The van der Waals surface area contributed by atoms with E-state index in [1.807, 2.05) is 12.1 Å². The van der Waals surface area contributed by atoms with E-state index in [4.69, 9.17) is 34.7 Å². The minimum Gasteiger partial charge on any atom is -0.383 e. The topological polar surface area (TPSA) is 107 Å². The van der Waals surface area contributed by atoms with Crippen LogP contribution in [-0.2, 0) is 4.79 Å². The number of anilines is 2. The van der Waals surface area contributed by atoms with Gasteiger partial charge in [0, 0.05) is 28.6 Å². The number of carbonyl (C=O) groups is 1. The summed E-state index contributed by atoms with van der Waals surface area (Å²) in [5, 5.41) is 4.52. The Morgan fingerprint density at radius 1 is 1.23 bits per heavy atom. The van der Waals surface area contributed by atoms with Crippen molar-refractivity contribution >= 4 is 52.5 Å². The van der Waals surface area contributed by atoms with Crippen LogP contribution in [0.3, 0.4) is 0 Å². The maximum atomic E-state index is 12.2. The highest BCUT2D eigenvalue weighted by atomic mass is 35.5. The Hall–Kier alpha value is -1.70. The van der Waals surface area contributed by atoms with Gasteiger partial charge in [0.25, 0.3) is 0 Å². The van der Waals surface area contributed by atoms with Gasteiger partial charge in [0.05, 0.1) is 5.75 Å². The van der Waals surface area contributed by atoms with Crippen LogP contribution in [0.1, 0.15) is 31.2 Å². The number of halogens is 2. The highest BCUT2D eigenvalue weighted by Gasteiger charge is 2.16. The van der Waals surface area contributed by atoms with Crippen LogP contribution >= 0.6 is 35.0 Å². The predicted octanol–water partition coefficient (Wildman–Crippen LogP) is 3.74. The Kier molecular flexibility index (Phi) is 7.81. The van der Waals surface area contributed by atoms with E-state index in [-0.39, 0.29) is 29.2 Å². The van der Waals surface area contributed by atoms with Gasteiger partial charge in [0.1, 0.15) is 11.6 Å². The Labute approximate surface area is 167 Å². The molecule has 140 valence electrons. The van der Waals surface area contributed by atoms with E-state index in [1.165, 1.54) is 17.8 Å². The molecule has 2 aromatic rings. The zero-order valence-corrected chi connectivity index (χ0v) is 16.7. The van der Waals surface area contributed by atoms with E-state index in [2.05, 4.69) is 22.2 Å². The molecular weight excluding hydrogens is 393 g/mol. The summed E-state index contributed by atoms with van der Waals surface area (Å²) in [6.07, 6.45) is 1.88. The third kappa shape index (κ3) is 6.23. The van der Waals surface area contributed by atoms with Gasteiger partial charge in [0.15, 0.2) is 5.16 Å². The number of nitrogens with one attached hydrogen (secondary N) is 1. The van der Waals surface area contributed by atoms with Crippen molar-refractivity contribution in [3.8, 4) is 0 Å². The van der Waals surface area contributed by atoms with Crippen molar-refractivity contribution in [3.05, 3.63) is 39.9 Å². The maximum absolute atomic E-state index is 12.2. The van der Waals surface area contributed by atoms with E-state index in [9.17, 15) is 4.79 Å². The van der Waals surface area contributed by atoms with E-state index in [0.29, 0.717) is 21.7 Å². The molecule has 9 heteroatoms. The maximum Gasteiger partial charge on any atom is 0.230 e. The molecule has 1 unspecified atom stereocenters. The molecule has 0 spiro atoms. The molecule has 1 aromatic heterocycles. The first-order valence-corrected chi connectivity index (χ1v) is 9.87. The molecule has 1 aromatic carbocycles. The van der Waals surface area contributed by atoms with Gasteiger partial charge in [0.2, 0.25) is 5.91 Å². The van der Waals surface area contributed by atoms with Crippen LogP contribution in [0.15, 0.2) is 29.4 Å². The zero-order valence-electron chi connectivity index (χ0n) is 14.3. The number of amides is 1. The first kappa shape index (κ1) is 20.6. The quantitative estimate of drug-likeness (QED) is 0.449. The van der Waals surface area contributed by atoms with Crippen molar-refractivity contribution < 1.29 is 4.79 Å². The number of aromatic nitrogens is 2. The lowest BCUT2D eigenvalue weighted by Gasteiger charge is -2.19. The second-order valence-corrected chi connectivity index (χ2v) is 7.53. The van der Waals surface area contributed by atoms with Gasteiger partial charge in [-0.25, -0.2) is 9.97 Å². The number of hydrogen-bond acceptors (Lipinski definition) is 6. The molecule has 5 N–H and O–H groups in total. The van der Waals surface area contributed by atoms with Crippen molar-refractivity contribution in [1.29, 1.82) is 0 Å². The van der Waals surface area contributed by atoms with Crippen LogP contribution in [-0.4, -0.2) is 28.2 Å². The summed E-state index contributed by atoms with van der Waals surface area (Å²) in [6.45, 7) is 2.59. The van der Waals surface area contributed by atoms with E-state index >= 15 is 0 Å². The van der Waals surface area contributed by atoms with Crippen molar-refractivity contribution in [2.45, 2.75) is 30.8 Å². The fourth-order valence-corrected chi connectivity index (χ4v) is 3.76. The molecule has 0 fully saturated rings. The molecule has 0 saturated carbocycles. The lowest BCUT2D eigenvalue weighted by Crippen LogP contribution is -2.30. The molecule has 0 aliphatic carbocycles. The zero-order chi connectivity index (χ0) is 19.1. The number of benzene rings is 1. The number of nitrogens with zero attached hydrogens (tertiary/aromatic N) is 2. The monoisotopic (exact) mass is 413 g/mol. The number of thioether (sulfide) groups is 1. The van der Waals surface area contributed by atoms with Crippen molar-refractivity contribution in [1.82, 2.24) is 15.3 Å². The first-order chi connectivity index (χ1) is 12.4. The smallest absolute Gasteiger partial charge is 0.230 e. The minimum absolute atomic E-state index is 0.120. The highest BCUT2D eigenvalue weighted by Crippen LogP contribution is 2.30. The Balaban J connectivity index is 1.92. The van der Waals surface area contributed by atoms with Crippen LogP contribution in [0.25, 0.3) is 0 Å². The first-order valence-electron chi connectivity index (χ1n) is 8.13. The number of nitrogens with two attached hydrogens (primary N) is 2. The highest BCUT2D eigenvalue weighted by molar-refractivity contribution is 7.99. The lowest BCUT2D eigenvalue weighted by molar-refractivity contribution is -0.118. The van der Waals surface area contributed by atoms with Gasteiger partial charge in [-0.05, 0) is 24.1 Å². The second kappa shape index (κ2) is 9.85. The van der Waals surface area contributed by atoms with Gasteiger partial charge in [-0.15, -0.1) is 0 Å². The lowest BCUT2D eigenvalue weighted by atomic mass is 9.94. The summed E-state index contributed by atoms with van der Waals surface area (Å²) >= 11 is 13.5. The molecule has 6 nitrogen and oxygen atoms in total. The second-order valence-electron chi connectivity index (χ2n) is 5.74. The number of nitrogen functional groups attached to an aromatic ring is 2. The number of carbonyl (C=O) groups excluding carboxylic acids is 1. The predicted molar refractivity (Wildman–Crippen MR) is 109 cm³/mol. The molecule has 26 heavy (non-hydrogen) atoms. The molecule has 1 heterocycles. The van der Waals surface area contributed by atoms with Gasteiger partial charge in [-0.3, -0.25) is 4.79 Å². The molecule has 0 saturated heterocycles. The molecule has 1 atom stereocenters. The van der Waals surface area contributed by atoms with Crippen molar-refractivity contribution in [2.75, 3.05) is 23.8 Å². The normalized spacial score (nSPS) is 12.0. The van der Waals surface area contributed by atoms with Gasteiger partial charge in [-0.1, -0.05) is 54.4 Å². The fraction of sp³-hybridized carbons (Fsp3) is 0.353. The summed E-state index contributed by atoms with van der Waals surface area (Å²) in [4.78, 5) is 20.2. The van der Waals surface area contributed by atoms with Gasteiger partial charge in [-0.2, -0.15) is 0 Å². The molecular formula is C17H21Cl2N5OS. The third-order valence-corrected chi connectivity index (χ3v) is 5.07.